The van der Waals surface area contributed by atoms with Crippen molar-refractivity contribution < 1.29 is 4.39 Å². The first kappa shape index (κ1) is 10.6. The van der Waals surface area contributed by atoms with Crippen LogP contribution >= 0.6 is 0 Å². The minimum Gasteiger partial charge on any atom is -0.311 e. The van der Waals surface area contributed by atoms with Crippen molar-refractivity contribution in [3.8, 4) is 0 Å². The third-order valence-electron chi connectivity index (χ3n) is 2.83. The predicted octanol–water partition coefficient (Wildman–Crippen LogP) is 1.27. The highest BCUT2D eigenvalue weighted by Crippen LogP contribution is 2.08. The van der Waals surface area contributed by atoms with Crippen LogP contribution in [0.25, 0.3) is 0 Å². The first-order valence-electron chi connectivity index (χ1n) is 5.40. The highest BCUT2D eigenvalue weighted by atomic mass is 19.1. The Morgan fingerprint density at radius 2 is 2.40 bits per heavy atom. The molecule has 1 saturated heterocycles. The van der Waals surface area contributed by atoms with E-state index in [1.54, 1.807) is 12.1 Å². The summed E-state index contributed by atoms with van der Waals surface area (Å²) in [6.07, 6.45) is 0.905. The van der Waals surface area contributed by atoms with E-state index in [4.69, 9.17) is 0 Å². The summed E-state index contributed by atoms with van der Waals surface area (Å²) in [6, 6.07) is 7.32. The molecule has 0 saturated carbocycles. The average molecular weight is 208 g/mol. The molecule has 1 aliphatic rings. The predicted molar refractivity (Wildman–Crippen MR) is 59.4 cm³/mol. The second-order valence-corrected chi connectivity index (χ2v) is 4.25. The van der Waals surface area contributed by atoms with Crippen molar-refractivity contribution in [1.82, 2.24) is 10.2 Å². The van der Waals surface area contributed by atoms with E-state index in [1.807, 2.05) is 6.07 Å². The molecule has 1 fully saturated rings. The van der Waals surface area contributed by atoms with Gasteiger partial charge in [-0.05, 0) is 31.2 Å². The molecule has 3 heteroatoms. The Labute approximate surface area is 90.1 Å². The zero-order valence-corrected chi connectivity index (χ0v) is 9.04. The van der Waals surface area contributed by atoms with Crippen molar-refractivity contribution in [1.29, 1.82) is 0 Å². The Hall–Kier alpha value is -0.930. The Bertz CT molecular complexity index is 327. The monoisotopic (exact) mass is 208 g/mol. The lowest BCUT2D eigenvalue weighted by molar-refractivity contribution is 0.238. The van der Waals surface area contributed by atoms with Crippen molar-refractivity contribution in [2.24, 2.45) is 0 Å². The van der Waals surface area contributed by atoms with Crippen LogP contribution < -0.4 is 5.32 Å². The van der Waals surface area contributed by atoms with Gasteiger partial charge in [-0.3, -0.25) is 0 Å². The van der Waals surface area contributed by atoms with Crippen molar-refractivity contribution in [3.63, 3.8) is 0 Å². The Morgan fingerprint density at radius 1 is 1.53 bits per heavy atom. The molecule has 15 heavy (non-hydrogen) atoms. The normalized spacial score (nSPS) is 22.9. The molecule has 1 aromatic carbocycles. The number of piperazine rings is 1. The van der Waals surface area contributed by atoms with Crippen LogP contribution in [-0.2, 0) is 6.42 Å². The van der Waals surface area contributed by atoms with E-state index in [2.05, 4.69) is 17.3 Å². The molecule has 1 aromatic rings. The van der Waals surface area contributed by atoms with E-state index in [1.165, 1.54) is 6.07 Å². The number of nitrogens with zero attached hydrogens (tertiary/aromatic N) is 1. The summed E-state index contributed by atoms with van der Waals surface area (Å²) in [5.74, 6) is -0.142. The number of rotatable bonds is 2. The van der Waals surface area contributed by atoms with Crippen LogP contribution in [0.4, 0.5) is 4.39 Å². The largest absolute Gasteiger partial charge is 0.311 e. The van der Waals surface area contributed by atoms with E-state index in [-0.39, 0.29) is 5.82 Å². The lowest BCUT2D eigenvalue weighted by Gasteiger charge is -2.30. The van der Waals surface area contributed by atoms with Crippen LogP contribution in [0, 0.1) is 5.82 Å². The second-order valence-electron chi connectivity index (χ2n) is 4.25. The lowest BCUT2D eigenvalue weighted by atomic mass is 10.0. The van der Waals surface area contributed by atoms with Gasteiger partial charge in [-0.25, -0.2) is 4.39 Å². The Kier molecular flexibility index (Phi) is 3.34. The number of nitrogens with one attached hydrogen (secondary N) is 1. The molecule has 1 aliphatic heterocycles. The molecular weight excluding hydrogens is 191 g/mol. The lowest BCUT2D eigenvalue weighted by Crippen LogP contribution is -2.49. The van der Waals surface area contributed by atoms with Crippen molar-refractivity contribution in [2.75, 3.05) is 26.7 Å². The third kappa shape index (κ3) is 3.01. The van der Waals surface area contributed by atoms with Gasteiger partial charge in [0.05, 0.1) is 0 Å². The molecule has 2 nitrogen and oxygen atoms in total. The molecule has 1 unspecified atom stereocenters. The summed E-state index contributed by atoms with van der Waals surface area (Å²) in [6.45, 7) is 3.16. The zero-order chi connectivity index (χ0) is 10.7. The van der Waals surface area contributed by atoms with Crippen LogP contribution in [-0.4, -0.2) is 37.6 Å². The molecule has 0 radical (unpaired) electrons. The second kappa shape index (κ2) is 4.73. The summed E-state index contributed by atoms with van der Waals surface area (Å²) in [5, 5.41) is 3.45. The maximum absolute atomic E-state index is 13.0. The highest BCUT2D eigenvalue weighted by molar-refractivity contribution is 5.17. The third-order valence-corrected chi connectivity index (χ3v) is 2.83. The highest BCUT2D eigenvalue weighted by Gasteiger charge is 2.16. The van der Waals surface area contributed by atoms with Gasteiger partial charge in [0.1, 0.15) is 5.82 Å². The quantitative estimate of drug-likeness (QED) is 0.787. The Morgan fingerprint density at radius 3 is 3.13 bits per heavy atom. The smallest absolute Gasteiger partial charge is 0.123 e. The Balaban J connectivity index is 1.96. The van der Waals surface area contributed by atoms with Gasteiger partial charge in [-0.2, -0.15) is 0 Å². The molecular formula is C12H17FN2. The fourth-order valence-electron chi connectivity index (χ4n) is 2.08. The molecule has 1 heterocycles. The van der Waals surface area contributed by atoms with Gasteiger partial charge in [-0.1, -0.05) is 12.1 Å². The fourth-order valence-corrected chi connectivity index (χ4v) is 2.08. The van der Waals surface area contributed by atoms with E-state index >= 15 is 0 Å². The zero-order valence-electron chi connectivity index (χ0n) is 9.04. The van der Waals surface area contributed by atoms with Crippen LogP contribution in [0.2, 0.25) is 0 Å². The number of halogens is 1. The van der Waals surface area contributed by atoms with Crippen molar-refractivity contribution in [2.45, 2.75) is 12.5 Å². The van der Waals surface area contributed by atoms with Crippen LogP contribution in [0.3, 0.4) is 0 Å². The SMILES string of the molecule is CN1CCNC(Cc2cccc(F)c2)C1. The topological polar surface area (TPSA) is 15.3 Å². The summed E-state index contributed by atoms with van der Waals surface area (Å²) in [5.41, 5.74) is 1.07. The summed E-state index contributed by atoms with van der Waals surface area (Å²) >= 11 is 0. The molecule has 1 N–H and O–H groups in total. The fraction of sp³-hybridized carbons (Fsp3) is 0.500. The summed E-state index contributed by atoms with van der Waals surface area (Å²) < 4.78 is 13.0. The number of benzene rings is 1. The average Bonchev–Trinajstić information content (AvgIpc) is 2.17. The van der Waals surface area contributed by atoms with Gasteiger partial charge in [-0.15, -0.1) is 0 Å². The minimum atomic E-state index is -0.142. The number of hydrogen-bond donors (Lipinski definition) is 1. The first-order chi connectivity index (χ1) is 7.24. The van der Waals surface area contributed by atoms with Crippen LogP contribution in [0.1, 0.15) is 5.56 Å². The number of hydrogen-bond acceptors (Lipinski definition) is 2. The van der Waals surface area contributed by atoms with E-state index in [0.717, 1.165) is 31.6 Å². The van der Waals surface area contributed by atoms with Gasteiger partial charge in [0, 0.05) is 25.7 Å². The minimum absolute atomic E-state index is 0.142. The van der Waals surface area contributed by atoms with E-state index in [9.17, 15) is 4.39 Å². The van der Waals surface area contributed by atoms with Gasteiger partial charge in [0.2, 0.25) is 0 Å². The molecule has 0 aromatic heterocycles. The molecule has 1 atom stereocenters. The molecule has 0 aliphatic carbocycles. The molecule has 2 rings (SSSR count). The standard InChI is InChI=1S/C12H17FN2/c1-15-6-5-14-12(9-15)8-10-3-2-4-11(13)7-10/h2-4,7,12,14H,5-6,8-9H2,1H3. The van der Waals surface area contributed by atoms with Gasteiger partial charge >= 0.3 is 0 Å². The maximum atomic E-state index is 13.0. The van der Waals surface area contributed by atoms with Gasteiger partial charge < -0.3 is 10.2 Å². The maximum Gasteiger partial charge on any atom is 0.123 e. The van der Waals surface area contributed by atoms with Crippen molar-refractivity contribution in [3.05, 3.63) is 35.6 Å². The van der Waals surface area contributed by atoms with Crippen molar-refractivity contribution >= 4 is 0 Å². The van der Waals surface area contributed by atoms with Crippen LogP contribution in [0.5, 0.6) is 0 Å². The molecule has 0 amide bonds. The number of likely N-dealkylation sites (N-methyl/N-ethyl adjacent to an activating group) is 1. The molecule has 82 valence electrons. The van der Waals surface area contributed by atoms with Gasteiger partial charge in [0.15, 0.2) is 0 Å². The summed E-state index contributed by atoms with van der Waals surface area (Å²) in [7, 11) is 2.12. The van der Waals surface area contributed by atoms with E-state index in [0.29, 0.717) is 6.04 Å². The molecule has 0 bridgehead atoms. The van der Waals surface area contributed by atoms with Gasteiger partial charge in [0.25, 0.3) is 0 Å². The van der Waals surface area contributed by atoms with Crippen LogP contribution in [0.15, 0.2) is 24.3 Å². The molecule has 0 spiro atoms. The van der Waals surface area contributed by atoms with E-state index < -0.39 is 0 Å². The first-order valence-corrected chi connectivity index (χ1v) is 5.40. The summed E-state index contributed by atoms with van der Waals surface area (Å²) in [4.78, 5) is 2.31.